The van der Waals surface area contributed by atoms with Crippen molar-refractivity contribution in [2.24, 2.45) is 5.92 Å². The molecule has 0 bridgehead atoms. The highest BCUT2D eigenvalue weighted by Gasteiger charge is 2.39. The van der Waals surface area contributed by atoms with Crippen molar-refractivity contribution in [3.8, 4) is 0 Å². The van der Waals surface area contributed by atoms with Crippen molar-refractivity contribution in [1.82, 2.24) is 14.7 Å². The van der Waals surface area contributed by atoms with Gasteiger partial charge in [0.25, 0.3) is 0 Å². The summed E-state index contributed by atoms with van der Waals surface area (Å²) in [6.45, 7) is 12.1. The van der Waals surface area contributed by atoms with E-state index in [1.165, 1.54) is 16.8 Å². The molecule has 2 unspecified atom stereocenters. The van der Waals surface area contributed by atoms with E-state index in [2.05, 4.69) is 50.5 Å². The van der Waals surface area contributed by atoms with Gasteiger partial charge in [-0.25, -0.2) is 0 Å². The zero-order valence-corrected chi connectivity index (χ0v) is 20.0. The molecule has 0 aromatic rings. The van der Waals surface area contributed by atoms with Crippen LogP contribution in [0.3, 0.4) is 0 Å². The Bertz CT molecular complexity index is 722. The molecule has 2 amide bonds. The average molecular weight is 428 g/mol. The number of amides is 2. The van der Waals surface area contributed by atoms with E-state index < -0.39 is 0 Å². The van der Waals surface area contributed by atoms with Gasteiger partial charge in [0, 0.05) is 19.3 Å². The highest BCUT2D eigenvalue weighted by Crippen LogP contribution is 2.45. The Hall–Kier alpha value is -2.30. The van der Waals surface area contributed by atoms with Crippen LogP contribution in [0.1, 0.15) is 65.7 Å². The van der Waals surface area contributed by atoms with Crippen LogP contribution < -0.4 is 0 Å². The number of hydrogen-bond acceptors (Lipinski definition) is 3. The lowest BCUT2D eigenvalue weighted by atomic mass is 10.1. The van der Waals surface area contributed by atoms with Crippen LogP contribution >= 0.6 is 0 Å². The maximum absolute atomic E-state index is 13.0. The second-order valence-electron chi connectivity index (χ2n) is 8.59. The fourth-order valence-corrected chi connectivity index (χ4v) is 4.44. The summed E-state index contributed by atoms with van der Waals surface area (Å²) in [5.74, 6) is 0.825. The van der Waals surface area contributed by atoms with Crippen molar-refractivity contribution in [3.63, 3.8) is 0 Å². The van der Waals surface area contributed by atoms with Crippen LogP contribution in [-0.2, 0) is 9.59 Å². The number of carbonyl (C=O) groups excluding carboxylic acids is 2. The molecule has 1 saturated heterocycles. The van der Waals surface area contributed by atoms with Gasteiger partial charge >= 0.3 is 0 Å². The molecule has 0 spiro atoms. The maximum atomic E-state index is 13.0. The predicted octanol–water partition coefficient (Wildman–Crippen LogP) is 4.89. The molecule has 0 aromatic carbocycles. The molecule has 2 rings (SSSR count). The van der Waals surface area contributed by atoms with Gasteiger partial charge < -0.3 is 14.7 Å². The SMILES string of the molecule is C=C/C(=C\C=C/CC)CCCCN1CC(N(C)C=O)N(/C(CC)=C2/CC2CC)CC1=O. The van der Waals surface area contributed by atoms with Gasteiger partial charge in [0.1, 0.15) is 6.17 Å². The van der Waals surface area contributed by atoms with Crippen LogP contribution in [0.5, 0.6) is 0 Å². The number of likely N-dealkylation sites (N-methyl/N-ethyl adjacent to an activating group) is 1. The average Bonchev–Trinajstić information content (AvgIpc) is 3.56. The number of rotatable bonds is 13. The summed E-state index contributed by atoms with van der Waals surface area (Å²) < 4.78 is 0. The Morgan fingerprint density at radius 1 is 1.26 bits per heavy atom. The normalized spacial score (nSPS) is 23.4. The van der Waals surface area contributed by atoms with E-state index in [1.54, 1.807) is 4.90 Å². The fourth-order valence-electron chi connectivity index (χ4n) is 4.44. The van der Waals surface area contributed by atoms with Crippen molar-refractivity contribution in [1.29, 1.82) is 0 Å². The number of allylic oxidation sites excluding steroid dienone is 7. The molecular weight excluding hydrogens is 386 g/mol. The second-order valence-corrected chi connectivity index (χ2v) is 8.59. The fraction of sp³-hybridized carbons (Fsp3) is 0.615. The van der Waals surface area contributed by atoms with Gasteiger partial charge in [0.2, 0.25) is 12.3 Å². The highest BCUT2D eigenvalue weighted by molar-refractivity contribution is 5.79. The number of hydrogen-bond donors (Lipinski definition) is 0. The minimum absolute atomic E-state index is 0.0847. The molecular formula is C26H41N3O2. The molecule has 1 aliphatic carbocycles. The lowest BCUT2D eigenvalue weighted by Gasteiger charge is -2.46. The van der Waals surface area contributed by atoms with Gasteiger partial charge in [-0.15, -0.1) is 0 Å². The summed E-state index contributed by atoms with van der Waals surface area (Å²) >= 11 is 0. The van der Waals surface area contributed by atoms with Crippen LogP contribution in [-0.4, -0.2) is 59.9 Å². The molecule has 172 valence electrons. The summed E-state index contributed by atoms with van der Waals surface area (Å²) in [7, 11) is 1.83. The van der Waals surface area contributed by atoms with E-state index in [-0.39, 0.29) is 12.1 Å². The first-order valence-corrected chi connectivity index (χ1v) is 11.9. The second kappa shape index (κ2) is 12.5. The van der Waals surface area contributed by atoms with Gasteiger partial charge in [-0.2, -0.15) is 0 Å². The molecule has 1 heterocycles. The van der Waals surface area contributed by atoms with Gasteiger partial charge in [-0.1, -0.05) is 51.7 Å². The number of unbranched alkanes of at least 4 members (excludes halogenated alkanes) is 1. The molecule has 2 atom stereocenters. The summed E-state index contributed by atoms with van der Waals surface area (Å²) in [6.07, 6.45) is 16.2. The maximum Gasteiger partial charge on any atom is 0.242 e. The third-order valence-corrected chi connectivity index (χ3v) is 6.47. The van der Waals surface area contributed by atoms with Crippen LogP contribution in [0.2, 0.25) is 0 Å². The van der Waals surface area contributed by atoms with E-state index in [0.29, 0.717) is 19.0 Å². The highest BCUT2D eigenvalue weighted by atomic mass is 16.2. The molecule has 1 aliphatic heterocycles. The third-order valence-electron chi connectivity index (χ3n) is 6.47. The lowest BCUT2D eigenvalue weighted by molar-refractivity contribution is -0.144. The Labute approximate surface area is 189 Å². The van der Waals surface area contributed by atoms with Crippen molar-refractivity contribution < 1.29 is 9.59 Å². The summed E-state index contributed by atoms with van der Waals surface area (Å²) in [4.78, 5) is 30.4. The first-order valence-electron chi connectivity index (χ1n) is 11.9. The summed E-state index contributed by atoms with van der Waals surface area (Å²) in [6, 6.07) is 0. The van der Waals surface area contributed by atoms with E-state index in [0.717, 1.165) is 57.9 Å². The largest absolute Gasteiger partial charge is 0.344 e. The van der Waals surface area contributed by atoms with Crippen molar-refractivity contribution >= 4 is 12.3 Å². The Morgan fingerprint density at radius 2 is 2.03 bits per heavy atom. The van der Waals surface area contributed by atoms with Crippen molar-refractivity contribution in [3.05, 3.63) is 47.7 Å². The minimum atomic E-state index is -0.0847. The Balaban J connectivity index is 1.99. The number of carbonyl (C=O) groups is 2. The predicted molar refractivity (Wildman–Crippen MR) is 128 cm³/mol. The summed E-state index contributed by atoms with van der Waals surface area (Å²) in [5, 5.41) is 0. The van der Waals surface area contributed by atoms with Crippen molar-refractivity contribution in [2.75, 3.05) is 26.7 Å². The van der Waals surface area contributed by atoms with E-state index in [9.17, 15) is 9.59 Å². The Morgan fingerprint density at radius 3 is 2.61 bits per heavy atom. The molecule has 2 aliphatic rings. The minimum Gasteiger partial charge on any atom is -0.344 e. The summed E-state index contributed by atoms with van der Waals surface area (Å²) in [5.41, 5.74) is 3.99. The smallest absolute Gasteiger partial charge is 0.242 e. The first kappa shape index (κ1) is 25.0. The molecule has 2 fully saturated rings. The quantitative estimate of drug-likeness (QED) is 0.239. The third kappa shape index (κ3) is 6.84. The topological polar surface area (TPSA) is 43.9 Å². The molecule has 5 heteroatoms. The van der Waals surface area contributed by atoms with Crippen LogP contribution in [0.15, 0.2) is 47.7 Å². The molecule has 0 N–H and O–H groups in total. The van der Waals surface area contributed by atoms with Crippen LogP contribution in [0, 0.1) is 5.92 Å². The zero-order chi connectivity index (χ0) is 22.8. The van der Waals surface area contributed by atoms with E-state index in [4.69, 9.17) is 0 Å². The zero-order valence-electron chi connectivity index (χ0n) is 20.0. The van der Waals surface area contributed by atoms with Crippen LogP contribution in [0.25, 0.3) is 0 Å². The van der Waals surface area contributed by atoms with Gasteiger partial charge in [0.05, 0.1) is 13.1 Å². The van der Waals surface area contributed by atoms with Gasteiger partial charge in [-0.05, 0) is 62.0 Å². The van der Waals surface area contributed by atoms with E-state index in [1.807, 2.05) is 18.0 Å². The molecule has 1 saturated carbocycles. The molecule has 5 nitrogen and oxygen atoms in total. The standard InChI is InChI=1S/C26H41N3O2/c1-6-10-11-14-21(7-2)15-12-13-16-28-18-25(27(5)20-30)29(19-26(28)31)24(9-4)23-17-22(23)8-3/h7,10-11,14,20,22,25H,2,6,8-9,12-13,15-19H2,1,3-5H3/b11-10-,21-14+,24-23-. The molecule has 0 aromatic heterocycles. The van der Waals surface area contributed by atoms with E-state index >= 15 is 0 Å². The number of piperazine rings is 1. The number of nitrogens with zero attached hydrogens (tertiary/aromatic N) is 3. The van der Waals surface area contributed by atoms with Crippen LogP contribution in [0.4, 0.5) is 0 Å². The molecule has 31 heavy (non-hydrogen) atoms. The van der Waals surface area contributed by atoms with Gasteiger partial charge in [-0.3, -0.25) is 9.59 Å². The monoisotopic (exact) mass is 427 g/mol. The lowest BCUT2D eigenvalue weighted by Crippen LogP contribution is -2.60. The molecule has 0 radical (unpaired) electrons. The van der Waals surface area contributed by atoms with Gasteiger partial charge in [0.15, 0.2) is 0 Å². The van der Waals surface area contributed by atoms with Crippen molar-refractivity contribution in [2.45, 2.75) is 71.9 Å². The Kier molecular flexibility index (Phi) is 10.1. The first-order chi connectivity index (χ1) is 15.0.